The fraction of sp³-hybridized carbons (Fsp3) is 0.829. The first-order valence-electron chi connectivity index (χ1n) is 19.6. The van der Waals surface area contributed by atoms with Crippen LogP contribution in [0.15, 0.2) is 36.5 Å². The minimum atomic E-state index is -0.537. The molecule has 0 saturated carbocycles. The molecule has 0 aromatic carbocycles. The van der Waals surface area contributed by atoms with E-state index in [4.69, 9.17) is 9.47 Å². The summed E-state index contributed by atoms with van der Waals surface area (Å²) in [6.45, 7) is 5.30. The van der Waals surface area contributed by atoms with E-state index in [1.54, 1.807) is 0 Å². The second-order valence-corrected chi connectivity index (χ2v) is 13.0. The van der Waals surface area contributed by atoms with Crippen LogP contribution in [0.2, 0.25) is 0 Å². The Bertz CT molecular complexity index is 668. The Morgan fingerprint density at radius 1 is 0.533 bits per heavy atom. The summed E-state index contributed by atoms with van der Waals surface area (Å²) in [6.07, 6.45) is 47.6. The topological polar surface area (TPSA) is 55.8 Å². The van der Waals surface area contributed by atoms with Gasteiger partial charge in [-0.15, -0.1) is 0 Å². The molecule has 0 aromatic rings. The second kappa shape index (κ2) is 38.8. The maximum Gasteiger partial charge on any atom is 0.306 e. The molecule has 4 nitrogen and oxygen atoms in total. The van der Waals surface area contributed by atoms with Crippen LogP contribution in [-0.4, -0.2) is 37.0 Å². The van der Waals surface area contributed by atoms with Gasteiger partial charge in [0.05, 0.1) is 13.2 Å². The van der Waals surface area contributed by atoms with Crippen LogP contribution < -0.4 is 0 Å². The Labute approximate surface area is 280 Å². The lowest BCUT2D eigenvalue weighted by Crippen LogP contribution is -2.27. The predicted octanol–water partition coefficient (Wildman–Crippen LogP) is 12.5. The minimum Gasteiger partial charge on any atom is -0.457 e. The van der Waals surface area contributed by atoms with Crippen LogP contribution >= 0.6 is 0 Å². The summed E-state index contributed by atoms with van der Waals surface area (Å²) < 4.78 is 11.1. The molecule has 45 heavy (non-hydrogen) atoms. The number of hydrogen-bond acceptors (Lipinski definition) is 4. The van der Waals surface area contributed by atoms with Gasteiger partial charge in [0.2, 0.25) is 0 Å². The zero-order chi connectivity index (χ0) is 32.7. The van der Waals surface area contributed by atoms with E-state index in [2.05, 4.69) is 50.3 Å². The average Bonchev–Trinajstić information content (AvgIpc) is 3.05. The molecule has 0 aromatic heterocycles. The van der Waals surface area contributed by atoms with Crippen LogP contribution in [0.3, 0.4) is 0 Å². The summed E-state index contributed by atoms with van der Waals surface area (Å²) in [6, 6.07) is 0. The number of hydrogen-bond donors (Lipinski definition) is 1. The molecule has 0 radical (unpaired) electrons. The highest BCUT2D eigenvalue weighted by molar-refractivity contribution is 5.69. The summed E-state index contributed by atoms with van der Waals surface area (Å²) in [5.74, 6) is -0.211. The number of aliphatic hydroxyl groups excluding tert-OH is 1. The minimum absolute atomic E-state index is 0.175. The molecule has 0 spiro atoms. The van der Waals surface area contributed by atoms with Gasteiger partial charge in [-0.2, -0.15) is 0 Å². The molecule has 0 heterocycles. The van der Waals surface area contributed by atoms with E-state index < -0.39 is 6.10 Å². The van der Waals surface area contributed by atoms with Gasteiger partial charge in [-0.3, -0.25) is 4.79 Å². The van der Waals surface area contributed by atoms with Crippen molar-refractivity contribution in [2.45, 2.75) is 200 Å². The van der Waals surface area contributed by atoms with Gasteiger partial charge in [0.15, 0.2) is 0 Å². The fourth-order valence-corrected chi connectivity index (χ4v) is 5.47. The second-order valence-electron chi connectivity index (χ2n) is 13.0. The SMILES string of the molecule is CCCCC/C=C\C/C=C\CCCCCCCCCCCCOCC(CO)OC(=O)CCCCCCC/C=C\CCCCCC. The lowest BCUT2D eigenvalue weighted by Gasteiger charge is -2.15. The third kappa shape index (κ3) is 36.9. The number of esters is 1. The number of unbranched alkanes of at least 4 members (excludes halogenated alkanes) is 22. The Balaban J connectivity index is 3.43. The zero-order valence-electron chi connectivity index (χ0n) is 30.1. The van der Waals surface area contributed by atoms with Gasteiger partial charge in [0.25, 0.3) is 0 Å². The highest BCUT2D eigenvalue weighted by Gasteiger charge is 2.13. The van der Waals surface area contributed by atoms with Gasteiger partial charge in [-0.25, -0.2) is 0 Å². The van der Waals surface area contributed by atoms with E-state index in [9.17, 15) is 9.90 Å². The zero-order valence-corrected chi connectivity index (χ0v) is 30.1. The lowest BCUT2D eigenvalue weighted by atomic mass is 10.1. The van der Waals surface area contributed by atoms with Gasteiger partial charge in [0, 0.05) is 13.0 Å². The Kier molecular flexibility index (Phi) is 37.6. The molecule has 264 valence electrons. The normalized spacial score (nSPS) is 12.7. The van der Waals surface area contributed by atoms with Gasteiger partial charge in [0.1, 0.15) is 6.10 Å². The first kappa shape index (κ1) is 43.6. The third-order valence-corrected chi connectivity index (χ3v) is 8.44. The van der Waals surface area contributed by atoms with Crippen LogP contribution in [0.1, 0.15) is 194 Å². The number of rotatable bonds is 36. The molecular formula is C41H76O4. The average molecular weight is 633 g/mol. The molecule has 0 bridgehead atoms. The molecular weight excluding hydrogens is 556 g/mol. The van der Waals surface area contributed by atoms with Crippen LogP contribution in [0.25, 0.3) is 0 Å². The van der Waals surface area contributed by atoms with Crippen LogP contribution in [0, 0.1) is 0 Å². The van der Waals surface area contributed by atoms with E-state index in [1.165, 1.54) is 148 Å². The molecule has 0 fully saturated rings. The number of carbonyl (C=O) groups is 1. The van der Waals surface area contributed by atoms with Crippen molar-refractivity contribution in [1.82, 2.24) is 0 Å². The van der Waals surface area contributed by atoms with Crippen molar-refractivity contribution in [3.05, 3.63) is 36.5 Å². The summed E-state index contributed by atoms with van der Waals surface area (Å²) in [5.41, 5.74) is 0. The first-order chi connectivity index (χ1) is 22.2. The van der Waals surface area contributed by atoms with Gasteiger partial charge < -0.3 is 14.6 Å². The van der Waals surface area contributed by atoms with E-state index >= 15 is 0 Å². The largest absolute Gasteiger partial charge is 0.457 e. The van der Waals surface area contributed by atoms with E-state index in [1.807, 2.05) is 0 Å². The molecule has 0 saturated heterocycles. The monoisotopic (exact) mass is 633 g/mol. The molecule has 0 aliphatic rings. The summed E-state index contributed by atoms with van der Waals surface area (Å²) in [5, 5.41) is 9.56. The van der Waals surface area contributed by atoms with Gasteiger partial charge in [-0.1, -0.05) is 153 Å². The maximum atomic E-state index is 12.1. The van der Waals surface area contributed by atoms with Crippen LogP contribution in [-0.2, 0) is 14.3 Å². The Morgan fingerprint density at radius 2 is 0.933 bits per heavy atom. The molecule has 0 aliphatic heterocycles. The van der Waals surface area contributed by atoms with Crippen molar-refractivity contribution in [3.63, 3.8) is 0 Å². The number of ether oxygens (including phenoxy) is 2. The first-order valence-corrected chi connectivity index (χ1v) is 19.6. The van der Waals surface area contributed by atoms with E-state index in [0.29, 0.717) is 19.6 Å². The van der Waals surface area contributed by atoms with Crippen molar-refractivity contribution >= 4 is 5.97 Å². The molecule has 0 aliphatic carbocycles. The molecule has 1 unspecified atom stereocenters. The lowest BCUT2D eigenvalue weighted by molar-refractivity contribution is -0.154. The van der Waals surface area contributed by atoms with E-state index in [-0.39, 0.29) is 12.6 Å². The number of aliphatic hydroxyl groups is 1. The van der Waals surface area contributed by atoms with Crippen molar-refractivity contribution in [2.75, 3.05) is 19.8 Å². The molecule has 4 heteroatoms. The van der Waals surface area contributed by atoms with Crippen molar-refractivity contribution in [2.24, 2.45) is 0 Å². The molecule has 1 N–H and O–H groups in total. The standard InChI is InChI=1S/C41H76O4/c1-3-5-7-9-11-13-15-17-18-19-20-21-22-23-25-27-29-31-33-35-37-44-39-40(38-42)45-41(43)36-34-32-30-28-26-24-16-14-12-10-8-6-4-2/h11,13-14,16-18,40,42H,3-10,12,15,19-39H2,1-2H3/b13-11-,16-14-,18-17-. The maximum absolute atomic E-state index is 12.1. The molecule has 1 atom stereocenters. The summed E-state index contributed by atoms with van der Waals surface area (Å²) in [4.78, 5) is 12.1. The predicted molar refractivity (Wildman–Crippen MR) is 196 cm³/mol. The fourth-order valence-electron chi connectivity index (χ4n) is 5.47. The molecule has 0 amide bonds. The highest BCUT2D eigenvalue weighted by Crippen LogP contribution is 2.13. The smallest absolute Gasteiger partial charge is 0.306 e. The van der Waals surface area contributed by atoms with Crippen LogP contribution in [0.5, 0.6) is 0 Å². The summed E-state index contributed by atoms with van der Waals surface area (Å²) >= 11 is 0. The summed E-state index contributed by atoms with van der Waals surface area (Å²) in [7, 11) is 0. The Morgan fingerprint density at radius 3 is 1.44 bits per heavy atom. The van der Waals surface area contributed by atoms with Crippen molar-refractivity contribution in [1.29, 1.82) is 0 Å². The van der Waals surface area contributed by atoms with Crippen molar-refractivity contribution in [3.8, 4) is 0 Å². The molecule has 0 rings (SSSR count). The van der Waals surface area contributed by atoms with E-state index in [0.717, 1.165) is 25.7 Å². The van der Waals surface area contributed by atoms with Crippen molar-refractivity contribution < 1.29 is 19.4 Å². The Hall–Kier alpha value is -1.39. The number of allylic oxidation sites excluding steroid dienone is 6. The quantitative estimate of drug-likeness (QED) is 0.0424. The third-order valence-electron chi connectivity index (χ3n) is 8.44. The highest BCUT2D eigenvalue weighted by atomic mass is 16.6. The van der Waals surface area contributed by atoms with Crippen LogP contribution in [0.4, 0.5) is 0 Å². The number of carbonyl (C=O) groups excluding carboxylic acids is 1. The van der Waals surface area contributed by atoms with Gasteiger partial charge in [-0.05, 0) is 70.6 Å². The van der Waals surface area contributed by atoms with Gasteiger partial charge >= 0.3 is 5.97 Å².